The molecule has 0 aromatic heterocycles. The number of amides is 2. The van der Waals surface area contributed by atoms with Crippen LogP contribution in [-0.2, 0) is 32.6 Å². The molecule has 0 saturated carbocycles. The van der Waals surface area contributed by atoms with E-state index in [4.69, 9.17) is 14.2 Å². The number of benzene rings is 2. The Labute approximate surface area is 267 Å². The maximum atomic E-state index is 13.3. The van der Waals surface area contributed by atoms with Crippen molar-refractivity contribution in [2.45, 2.75) is 77.0 Å². The molecule has 2 fully saturated rings. The molecular formula is C33H46N4O7S. The van der Waals surface area contributed by atoms with Gasteiger partial charge < -0.3 is 19.1 Å². The minimum atomic E-state index is -3.42. The van der Waals surface area contributed by atoms with Crippen molar-refractivity contribution in [3.05, 3.63) is 53.6 Å². The molecule has 0 bridgehead atoms. The van der Waals surface area contributed by atoms with Crippen LogP contribution in [0.5, 0.6) is 11.5 Å². The van der Waals surface area contributed by atoms with Gasteiger partial charge in [0.25, 0.3) is 0 Å². The van der Waals surface area contributed by atoms with Crippen molar-refractivity contribution in [2.75, 3.05) is 51.3 Å². The van der Waals surface area contributed by atoms with Gasteiger partial charge in [-0.1, -0.05) is 38.1 Å². The van der Waals surface area contributed by atoms with Crippen molar-refractivity contribution in [3.63, 3.8) is 0 Å². The van der Waals surface area contributed by atoms with Gasteiger partial charge in [0.1, 0.15) is 29.6 Å². The Morgan fingerprint density at radius 1 is 1.02 bits per heavy atom. The Morgan fingerprint density at radius 2 is 1.71 bits per heavy atom. The van der Waals surface area contributed by atoms with Crippen LogP contribution in [0.2, 0.25) is 0 Å². The highest BCUT2D eigenvalue weighted by Crippen LogP contribution is 2.33. The molecule has 0 spiro atoms. The molecule has 5 rings (SSSR count). The maximum absolute atomic E-state index is 13.3. The second kappa shape index (κ2) is 14.4. The largest absolute Gasteiger partial charge is 0.496 e. The number of para-hydroxylation sites is 1. The molecule has 0 aliphatic carbocycles. The second-order valence-electron chi connectivity index (χ2n) is 11.9. The molecule has 2 aromatic rings. The average molecular weight is 643 g/mol. The van der Waals surface area contributed by atoms with E-state index < -0.39 is 15.4 Å². The van der Waals surface area contributed by atoms with E-state index in [1.807, 2.05) is 60.0 Å². The van der Waals surface area contributed by atoms with Gasteiger partial charge in [0.05, 0.1) is 19.2 Å². The van der Waals surface area contributed by atoms with Gasteiger partial charge in [0.15, 0.2) is 0 Å². The lowest BCUT2D eigenvalue weighted by Gasteiger charge is -2.40. The number of nitrogens with zero attached hydrogens (tertiary/aromatic N) is 4. The smallest absolute Gasteiger partial charge is 0.414 e. The van der Waals surface area contributed by atoms with Gasteiger partial charge in [0.2, 0.25) is 15.9 Å². The summed E-state index contributed by atoms with van der Waals surface area (Å²) in [5.74, 6) is 1.22. The quantitative estimate of drug-likeness (QED) is 0.358. The number of rotatable bonds is 11. The van der Waals surface area contributed by atoms with Crippen molar-refractivity contribution < 1.29 is 32.2 Å². The highest BCUT2D eigenvalue weighted by Gasteiger charge is 2.36. The minimum Gasteiger partial charge on any atom is -0.496 e. The van der Waals surface area contributed by atoms with E-state index in [9.17, 15) is 18.0 Å². The van der Waals surface area contributed by atoms with Crippen molar-refractivity contribution in [1.82, 2.24) is 14.1 Å². The average Bonchev–Trinajstić information content (AvgIpc) is 3.06. The Balaban J connectivity index is 1.13. The molecule has 3 aliphatic rings. The van der Waals surface area contributed by atoms with Gasteiger partial charge in [-0.2, -0.15) is 0 Å². The number of anilines is 1. The number of ether oxygens (including phenoxy) is 3. The number of methoxy groups -OCH3 is 1. The van der Waals surface area contributed by atoms with E-state index in [1.54, 1.807) is 29.3 Å². The van der Waals surface area contributed by atoms with E-state index in [2.05, 4.69) is 0 Å². The Hall–Kier alpha value is -3.35. The van der Waals surface area contributed by atoms with Gasteiger partial charge >= 0.3 is 6.09 Å². The first-order valence-corrected chi connectivity index (χ1v) is 17.5. The monoisotopic (exact) mass is 642 g/mol. The predicted molar refractivity (Wildman–Crippen MR) is 172 cm³/mol. The summed E-state index contributed by atoms with van der Waals surface area (Å²) in [4.78, 5) is 31.5. The summed E-state index contributed by atoms with van der Waals surface area (Å²) in [6.45, 7) is 9.33. The zero-order valence-electron chi connectivity index (χ0n) is 26.8. The summed E-state index contributed by atoms with van der Waals surface area (Å²) in [6.07, 6.45) is 2.31. The molecule has 12 heteroatoms. The van der Waals surface area contributed by atoms with Gasteiger partial charge in [0, 0.05) is 49.4 Å². The van der Waals surface area contributed by atoms with E-state index in [0.717, 1.165) is 16.8 Å². The molecule has 2 amide bonds. The van der Waals surface area contributed by atoms with Crippen LogP contribution in [0.4, 0.5) is 10.5 Å². The third-order valence-electron chi connectivity index (χ3n) is 9.40. The van der Waals surface area contributed by atoms with Crippen LogP contribution in [-0.4, -0.2) is 98.4 Å². The fourth-order valence-electron chi connectivity index (χ4n) is 6.65. The van der Waals surface area contributed by atoms with Crippen molar-refractivity contribution in [1.29, 1.82) is 0 Å². The van der Waals surface area contributed by atoms with E-state index >= 15 is 0 Å². The third-order valence-corrected chi connectivity index (χ3v) is 11.6. The van der Waals surface area contributed by atoms with Gasteiger partial charge in [-0.25, -0.2) is 17.5 Å². The summed E-state index contributed by atoms with van der Waals surface area (Å²) in [5.41, 5.74) is 2.66. The molecule has 0 radical (unpaired) electrons. The molecular weight excluding hydrogens is 596 g/mol. The third kappa shape index (κ3) is 7.23. The predicted octanol–water partition coefficient (Wildman–Crippen LogP) is 4.25. The topological polar surface area (TPSA) is 109 Å². The van der Waals surface area contributed by atoms with Crippen LogP contribution < -0.4 is 14.4 Å². The zero-order chi connectivity index (χ0) is 32.1. The molecule has 45 heavy (non-hydrogen) atoms. The highest BCUT2D eigenvalue weighted by molar-refractivity contribution is 7.89. The second-order valence-corrected chi connectivity index (χ2v) is 14.1. The molecule has 1 unspecified atom stereocenters. The van der Waals surface area contributed by atoms with Crippen molar-refractivity contribution >= 4 is 27.7 Å². The number of fused-ring (bicyclic) bond motifs is 1. The molecule has 246 valence electrons. The van der Waals surface area contributed by atoms with Crippen LogP contribution in [0.25, 0.3) is 0 Å². The number of cyclic esters (lactones) is 1. The normalized spacial score (nSPS) is 19.3. The maximum Gasteiger partial charge on any atom is 0.414 e. The van der Waals surface area contributed by atoms with E-state index in [-0.39, 0.29) is 37.2 Å². The molecule has 1 atom stereocenters. The van der Waals surface area contributed by atoms with E-state index in [0.29, 0.717) is 76.5 Å². The SMILES string of the molecule is CCN(CC)C(C)S(=O)(=O)N1CCC(Oc2ccc(CC(=O)N3CCC(N4C(=O)OCc5ccccc54)CC3)c(OC)c2)CC1. The highest BCUT2D eigenvalue weighted by atomic mass is 32.2. The van der Waals surface area contributed by atoms with Crippen LogP contribution in [0.1, 0.15) is 57.6 Å². The summed E-state index contributed by atoms with van der Waals surface area (Å²) < 4.78 is 45.2. The van der Waals surface area contributed by atoms with Crippen molar-refractivity contribution in [2.24, 2.45) is 0 Å². The van der Waals surface area contributed by atoms with Gasteiger partial charge in [-0.15, -0.1) is 0 Å². The fourth-order valence-corrected chi connectivity index (χ4v) is 8.48. The van der Waals surface area contributed by atoms with Crippen LogP contribution in [0, 0.1) is 0 Å². The Morgan fingerprint density at radius 3 is 2.38 bits per heavy atom. The lowest BCUT2D eigenvalue weighted by atomic mass is 10.00. The number of sulfonamides is 1. The molecule has 2 aromatic carbocycles. The first-order valence-electron chi connectivity index (χ1n) is 16.0. The first kappa shape index (κ1) is 33.0. The first-order chi connectivity index (χ1) is 21.7. The molecule has 0 N–H and O–H groups in total. The molecule has 3 aliphatic heterocycles. The number of hydrogen-bond acceptors (Lipinski definition) is 8. The van der Waals surface area contributed by atoms with E-state index in [1.165, 1.54) is 0 Å². The van der Waals surface area contributed by atoms with Gasteiger partial charge in [-0.3, -0.25) is 14.6 Å². The number of likely N-dealkylation sites (tertiary alicyclic amines) is 1. The fraction of sp³-hybridized carbons (Fsp3) is 0.576. The minimum absolute atomic E-state index is 0.00885. The number of piperidine rings is 2. The summed E-state index contributed by atoms with van der Waals surface area (Å²) in [5, 5.41) is -0.554. The van der Waals surface area contributed by atoms with Gasteiger partial charge in [-0.05, 0) is 57.8 Å². The van der Waals surface area contributed by atoms with Crippen LogP contribution >= 0.6 is 0 Å². The summed E-state index contributed by atoms with van der Waals surface area (Å²) >= 11 is 0. The molecule has 3 heterocycles. The molecule has 11 nitrogen and oxygen atoms in total. The lowest BCUT2D eigenvalue weighted by Crippen LogP contribution is -2.50. The Bertz CT molecular complexity index is 1450. The standard InChI is InChI=1S/C33H46N4O7S/c1-5-34(6-2)24(3)45(40,41)36-19-15-28(16-20-36)44-29-12-11-25(31(22-29)42-4)21-32(38)35-17-13-27(14-18-35)37-30-10-8-7-9-26(30)23-43-33(37)39/h7-12,22,24,27-28H,5-6,13-21,23H2,1-4H3. The van der Waals surface area contributed by atoms with Crippen molar-refractivity contribution in [3.8, 4) is 11.5 Å². The summed E-state index contributed by atoms with van der Waals surface area (Å²) in [7, 11) is -1.84. The van der Waals surface area contributed by atoms with Crippen LogP contribution in [0.15, 0.2) is 42.5 Å². The number of hydrogen-bond donors (Lipinski definition) is 0. The zero-order valence-corrected chi connectivity index (χ0v) is 27.6. The lowest BCUT2D eigenvalue weighted by molar-refractivity contribution is -0.131. The summed E-state index contributed by atoms with van der Waals surface area (Å²) in [6, 6.07) is 13.3. The number of carbonyl (C=O) groups excluding carboxylic acids is 2. The molecule has 2 saturated heterocycles. The Kier molecular flexibility index (Phi) is 10.6. The van der Waals surface area contributed by atoms with Crippen LogP contribution in [0.3, 0.4) is 0 Å². The number of carbonyl (C=O) groups is 2.